The molecule has 43 heavy (non-hydrogen) atoms. The first-order valence-corrected chi connectivity index (χ1v) is 16.0. The molecule has 5 rings (SSSR count). The maximum absolute atomic E-state index is 13.6. The van der Waals surface area contributed by atoms with Crippen LogP contribution in [0.25, 0.3) is 5.76 Å². The number of Topliss-reactive ketones (excluding diaryl/α,β-unsaturated/α-hetero) is 1. The molecule has 1 saturated heterocycles. The highest BCUT2D eigenvalue weighted by atomic mass is 35.5. The van der Waals surface area contributed by atoms with E-state index in [9.17, 15) is 14.7 Å². The van der Waals surface area contributed by atoms with Crippen molar-refractivity contribution in [3.8, 4) is 11.5 Å². The SMILES string of the molecule is CCCCOc1cccc(C2/C(=C(\O)c3ccc(OCC)cc3)C(=O)C(=O)N2c2nnc(SCc3ccc(Cl)cc3)s2)c1. The van der Waals surface area contributed by atoms with Gasteiger partial charge in [-0.25, -0.2) is 0 Å². The van der Waals surface area contributed by atoms with Gasteiger partial charge in [0.15, 0.2) is 4.34 Å². The average Bonchev–Trinajstić information content (AvgIpc) is 3.59. The van der Waals surface area contributed by atoms with Crippen molar-refractivity contribution in [2.75, 3.05) is 18.1 Å². The first-order chi connectivity index (χ1) is 20.9. The number of amides is 1. The molecule has 0 bridgehead atoms. The minimum Gasteiger partial charge on any atom is -0.507 e. The number of anilines is 1. The van der Waals surface area contributed by atoms with E-state index < -0.39 is 17.7 Å². The van der Waals surface area contributed by atoms with Crippen LogP contribution in [0.2, 0.25) is 5.02 Å². The molecule has 8 nitrogen and oxygen atoms in total. The second-order valence-corrected chi connectivity index (χ2v) is 12.3. The van der Waals surface area contributed by atoms with Gasteiger partial charge in [-0.1, -0.05) is 72.3 Å². The number of carbonyl (C=O) groups is 2. The van der Waals surface area contributed by atoms with Crippen LogP contribution in [0, 0.1) is 0 Å². The number of ether oxygens (including phenoxy) is 2. The largest absolute Gasteiger partial charge is 0.507 e. The van der Waals surface area contributed by atoms with E-state index in [2.05, 4.69) is 17.1 Å². The number of nitrogens with zero attached hydrogens (tertiary/aromatic N) is 3. The summed E-state index contributed by atoms with van der Waals surface area (Å²) in [6.45, 7) is 4.99. The van der Waals surface area contributed by atoms with Crippen LogP contribution in [0.3, 0.4) is 0 Å². The van der Waals surface area contributed by atoms with E-state index in [0.29, 0.717) is 51.0 Å². The number of aromatic nitrogens is 2. The van der Waals surface area contributed by atoms with Crippen molar-refractivity contribution >= 4 is 57.3 Å². The predicted octanol–water partition coefficient (Wildman–Crippen LogP) is 7.69. The summed E-state index contributed by atoms with van der Waals surface area (Å²) >= 11 is 8.68. The topological polar surface area (TPSA) is 102 Å². The minimum atomic E-state index is -0.941. The summed E-state index contributed by atoms with van der Waals surface area (Å²) in [4.78, 5) is 28.5. The van der Waals surface area contributed by atoms with Crippen LogP contribution in [0.1, 0.15) is 49.4 Å². The lowest BCUT2D eigenvalue weighted by atomic mass is 9.95. The summed E-state index contributed by atoms with van der Waals surface area (Å²) in [6.07, 6.45) is 1.87. The first kappa shape index (κ1) is 30.6. The van der Waals surface area contributed by atoms with E-state index in [-0.39, 0.29) is 16.5 Å². The standard InChI is InChI=1S/C32H30ClN3O5S2/c1-3-5-17-41-25-8-6-7-22(18-25)27-26(28(37)21-11-15-24(16-12-21)40-4-2)29(38)30(39)36(27)31-34-35-32(43-31)42-19-20-9-13-23(33)14-10-20/h6-16,18,27,37H,3-5,17,19H2,1-2H3/b28-26+. The van der Waals surface area contributed by atoms with Crippen LogP contribution in [-0.2, 0) is 15.3 Å². The van der Waals surface area contributed by atoms with Crippen molar-refractivity contribution in [2.24, 2.45) is 0 Å². The molecule has 11 heteroatoms. The second kappa shape index (κ2) is 14.1. The molecular formula is C32H30ClN3O5S2. The summed E-state index contributed by atoms with van der Waals surface area (Å²) in [6, 6.07) is 20.6. The van der Waals surface area contributed by atoms with Crippen LogP contribution >= 0.6 is 34.7 Å². The number of hydrogen-bond acceptors (Lipinski definition) is 9. The van der Waals surface area contributed by atoms with Crippen molar-refractivity contribution in [1.29, 1.82) is 0 Å². The van der Waals surface area contributed by atoms with Gasteiger partial charge in [0, 0.05) is 16.3 Å². The highest BCUT2D eigenvalue weighted by Crippen LogP contribution is 2.44. The molecule has 1 aromatic heterocycles. The fraction of sp³-hybridized carbons (Fsp3) is 0.250. The molecule has 1 atom stereocenters. The third-order valence-electron chi connectivity index (χ3n) is 6.70. The predicted molar refractivity (Wildman–Crippen MR) is 170 cm³/mol. The van der Waals surface area contributed by atoms with E-state index in [0.717, 1.165) is 18.4 Å². The van der Waals surface area contributed by atoms with Gasteiger partial charge in [0.1, 0.15) is 17.3 Å². The molecule has 4 aromatic rings. The van der Waals surface area contributed by atoms with Crippen LogP contribution in [-0.4, -0.2) is 40.2 Å². The molecule has 0 radical (unpaired) electrons. The Morgan fingerprint density at radius 3 is 2.49 bits per heavy atom. The summed E-state index contributed by atoms with van der Waals surface area (Å²) < 4.78 is 12.1. The smallest absolute Gasteiger partial charge is 0.301 e. The zero-order valence-electron chi connectivity index (χ0n) is 23.7. The summed E-state index contributed by atoms with van der Waals surface area (Å²) in [5.74, 6) is -0.0183. The fourth-order valence-corrected chi connectivity index (χ4v) is 6.52. The Morgan fingerprint density at radius 2 is 1.77 bits per heavy atom. The molecule has 1 unspecified atom stereocenters. The van der Waals surface area contributed by atoms with Gasteiger partial charge in [-0.15, -0.1) is 10.2 Å². The third-order valence-corrected chi connectivity index (χ3v) is 9.08. The Balaban J connectivity index is 1.52. The van der Waals surface area contributed by atoms with Gasteiger partial charge < -0.3 is 14.6 Å². The van der Waals surface area contributed by atoms with Gasteiger partial charge in [-0.3, -0.25) is 14.5 Å². The van der Waals surface area contributed by atoms with Crippen LogP contribution < -0.4 is 14.4 Å². The molecule has 2 heterocycles. The number of ketones is 1. The number of unbranched alkanes of at least 4 members (excludes halogenated alkanes) is 1. The Morgan fingerprint density at radius 1 is 1.00 bits per heavy atom. The fourth-order valence-electron chi connectivity index (χ4n) is 4.57. The lowest BCUT2D eigenvalue weighted by molar-refractivity contribution is -0.132. The monoisotopic (exact) mass is 635 g/mol. The second-order valence-electron chi connectivity index (χ2n) is 9.67. The lowest BCUT2D eigenvalue weighted by Gasteiger charge is -2.23. The summed E-state index contributed by atoms with van der Waals surface area (Å²) in [7, 11) is 0. The van der Waals surface area contributed by atoms with Gasteiger partial charge in [0.05, 0.1) is 24.8 Å². The molecule has 1 amide bonds. The Bertz CT molecular complexity index is 1620. The molecule has 222 valence electrons. The van der Waals surface area contributed by atoms with Crippen LogP contribution in [0.4, 0.5) is 5.13 Å². The zero-order valence-corrected chi connectivity index (χ0v) is 26.0. The average molecular weight is 636 g/mol. The lowest BCUT2D eigenvalue weighted by Crippen LogP contribution is -2.29. The number of carbonyl (C=O) groups excluding carboxylic acids is 2. The van der Waals surface area contributed by atoms with E-state index in [4.69, 9.17) is 21.1 Å². The summed E-state index contributed by atoms with van der Waals surface area (Å²) in [5.41, 5.74) is 2.01. The van der Waals surface area contributed by atoms with Crippen LogP contribution in [0.15, 0.2) is 82.7 Å². The highest BCUT2D eigenvalue weighted by molar-refractivity contribution is 8.00. The number of aliphatic hydroxyl groups is 1. The van der Waals surface area contributed by atoms with E-state index in [1.807, 2.05) is 37.3 Å². The van der Waals surface area contributed by atoms with Crippen molar-refractivity contribution in [3.05, 3.63) is 100 Å². The number of rotatable bonds is 12. The van der Waals surface area contributed by atoms with Crippen LogP contribution in [0.5, 0.6) is 11.5 Å². The van der Waals surface area contributed by atoms with E-state index in [1.54, 1.807) is 42.5 Å². The quantitative estimate of drug-likeness (QED) is 0.0422. The number of benzene rings is 3. The normalized spacial score (nSPS) is 16.1. The molecule has 1 aliphatic rings. The Hall–Kier alpha value is -3.86. The van der Waals surface area contributed by atoms with Gasteiger partial charge in [0.25, 0.3) is 5.78 Å². The molecule has 0 saturated carbocycles. The molecule has 0 aliphatic carbocycles. The maximum atomic E-state index is 13.6. The van der Waals surface area contributed by atoms with Gasteiger partial charge in [0.2, 0.25) is 5.13 Å². The Labute approximate surface area is 263 Å². The molecule has 1 N–H and O–H groups in total. The third kappa shape index (κ3) is 7.04. The van der Waals surface area contributed by atoms with Gasteiger partial charge >= 0.3 is 5.91 Å². The van der Waals surface area contributed by atoms with Crippen molar-refractivity contribution in [2.45, 2.75) is 42.8 Å². The van der Waals surface area contributed by atoms with Gasteiger partial charge in [-0.2, -0.15) is 0 Å². The molecule has 1 aliphatic heterocycles. The molecule has 1 fully saturated rings. The number of thioether (sulfide) groups is 1. The van der Waals surface area contributed by atoms with Crippen molar-refractivity contribution in [1.82, 2.24) is 10.2 Å². The Kier molecular flexibility index (Phi) is 10.0. The number of hydrogen-bond donors (Lipinski definition) is 1. The summed E-state index contributed by atoms with van der Waals surface area (Å²) in [5, 5.41) is 21.0. The highest BCUT2D eigenvalue weighted by Gasteiger charge is 2.48. The maximum Gasteiger partial charge on any atom is 0.301 e. The van der Waals surface area contributed by atoms with Crippen molar-refractivity contribution < 1.29 is 24.2 Å². The number of aliphatic hydroxyl groups excluding tert-OH is 1. The molecule has 3 aromatic carbocycles. The number of halogens is 1. The van der Waals surface area contributed by atoms with E-state index in [1.165, 1.54) is 28.0 Å². The van der Waals surface area contributed by atoms with Gasteiger partial charge in [-0.05, 0) is 73.0 Å². The van der Waals surface area contributed by atoms with E-state index >= 15 is 0 Å². The zero-order chi connectivity index (χ0) is 30.3. The van der Waals surface area contributed by atoms with Crippen molar-refractivity contribution in [3.63, 3.8) is 0 Å². The first-order valence-electron chi connectivity index (χ1n) is 13.9. The molecular weight excluding hydrogens is 606 g/mol. The minimum absolute atomic E-state index is 0.0366. The molecule has 0 spiro atoms.